The summed E-state index contributed by atoms with van der Waals surface area (Å²) in [4.78, 5) is 34.8. The molecule has 0 N–H and O–H groups in total. The van der Waals surface area contributed by atoms with E-state index >= 15 is 0 Å². The Morgan fingerprint density at radius 3 is 2.48 bits per heavy atom. The Bertz CT molecular complexity index is 1750. The summed E-state index contributed by atoms with van der Waals surface area (Å²) in [6.45, 7) is 16.9. The second-order valence-electron chi connectivity index (χ2n) is 15.9. The second kappa shape index (κ2) is 13.9. The first-order chi connectivity index (χ1) is 24.0. The van der Waals surface area contributed by atoms with Crippen LogP contribution in [-0.2, 0) is 17.7 Å². The fourth-order valence-corrected chi connectivity index (χ4v) is 7.80. The summed E-state index contributed by atoms with van der Waals surface area (Å²) in [5.41, 5.74) is 4.14. The monoisotopic (exact) mass is 680 g/mol. The van der Waals surface area contributed by atoms with E-state index in [1.165, 1.54) is 22.0 Å². The van der Waals surface area contributed by atoms with Crippen LogP contribution in [0.5, 0.6) is 6.01 Å². The van der Waals surface area contributed by atoms with Gasteiger partial charge in [-0.1, -0.05) is 30.3 Å². The summed E-state index contributed by atoms with van der Waals surface area (Å²) in [5, 5.41) is 12.3. The van der Waals surface area contributed by atoms with Gasteiger partial charge in [-0.15, -0.1) is 0 Å². The maximum atomic E-state index is 13.2. The van der Waals surface area contributed by atoms with E-state index < -0.39 is 5.60 Å². The second-order valence-corrected chi connectivity index (χ2v) is 15.9. The van der Waals surface area contributed by atoms with Gasteiger partial charge in [0.2, 0.25) is 0 Å². The van der Waals surface area contributed by atoms with Crippen LogP contribution < -0.4 is 14.5 Å². The molecule has 266 valence electrons. The van der Waals surface area contributed by atoms with Gasteiger partial charge in [-0.3, -0.25) is 0 Å². The lowest BCUT2D eigenvalue weighted by atomic mass is 9.99. The number of piperazine rings is 2. The molecule has 0 radical (unpaired) electrons. The maximum absolute atomic E-state index is 13.2. The molecule has 1 saturated carbocycles. The van der Waals surface area contributed by atoms with E-state index in [1.807, 2.05) is 20.8 Å². The summed E-state index contributed by atoms with van der Waals surface area (Å²) in [6, 6.07) is 15.4. The number of carbonyl (C=O) groups is 1. The molecule has 1 amide bonds. The van der Waals surface area contributed by atoms with Crippen molar-refractivity contribution in [1.82, 2.24) is 24.7 Å². The van der Waals surface area contributed by atoms with Gasteiger partial charge < -0.3 is 34.0 Å². The molecule has 4 heterocycles. The number of hydrogen-bond acceptors (Lipinski definition) is 10. The molecule has 1 aromatic heterocycles. The minimum Gasteiger partial charge on any atom is -0.463 e. The lowest BCUT2D eigenvalue weighted by molar-refractivity contribution is 0.0144. The van der Waals surface area contributed by atoms with Crippen LogP contribution in [0, 0.1) is 23.7 Å². The van der Waals surface area contributed by atoms with Crippen LogP contribution in [0.2, 0.25) is 0 Å². The van der Waals surface area contributed by atoms with Gasteiger partial charge in [0.15, 0.2) is 0 Å². The van der Waals surface area contributed by atoms with Crippen LogP contribution in [0.3, 0.4) is 0 Å². The Labute approximate surface area is 296 Å². The van der Waals surface area contributed by atoms with Crippen LogP contribution in [0.25, 0.3) is 10.8 Å². The number of amides is 1. The number of aromatic nitrogens is 2. The predicted octanol–water partition coefficient (Wildman–Crippen LogP) is 5.25. The minimum atomic E-state index is -0.610. The van der Waals surface area contributed by atoms with Crippen LogP contribution in [0.1, 0.15) is 56.9 Å². The van der Waals surface area contributed by atoms with Gasteiger partial charge in [-0.25, -0.2) is 4.79 Å². The number of benzene rings is 2. The SMILES string of the molecule is Cc1cccc2cccc(N3CCc4c(nc(OCC5(CN6CCN(C)CC6)CC5)nc4N4CCN(C(=O)OC(C)(C)C)C(CC#N)C4)C3)c12. The van der Waals surface area contributed by atoms with E-state index in [1.54, 1.807) is 4.90 Å². The molecule has 3 aliphatic heterocycles. The van der Waals surface area contributed by atoms with Crippen molar-refractivity contribution in [3.05, 3.63) is 53.2 Å². The maximum Gasteiger partial charge on any atom is 0.410 e. The summed E-state index contributed by atoms with van der Waals surface area (Å²) >= 11 is 0. The number of ether oxygens (including phenoxy) is 2. The molecule has 7 rings (SSSR count). The van der Waals surface area contributed by atoms with E-state index in [0.29, 0.717) is 38.8 Å². The molecule has 11 nitrogen and oxygen atoms in total. The molecule has 1 unspecified atom stereocenters. The first kappa shape index (κ1) is 34.3. The van der Waals surface area contributed by atoms with Gasteiger partial charge in [-0.2, -0.15) is 15.2 Å². The van der Waals surface area contributed by atoms with Crippen molar-refractivity contribution < 1.29 is 14.3 Å². The fourth-order valence-electron chi connectivity index (χ4n) is 7.80. The molecule has 0 spiro atoms. The van der Waals surface area contributed by atoms with E-state index in [2.05, 4.69) is 76.0 Å². The van der Waals surface area contributed by atoms with Gasteiger partial charge in [0.25, 0.3) is 0 Å². The molecule has 50 heavy (non-hydrogen) atoms. The first-order valence-electron chi connectivity index (χ1n) is 18.3. The number of nitrogens with zero attached hydrogens (tertiary/aromatic N) is 8. The molecule has 0 bridgehead atoms. The average Bonchev–Trinajstić information content (AvgIpc) is 3.86. The van der Waals surface area contributed by atoms with Crippen molar-refractivity contribution in [3.63, 3.8) is 0 Å². The number of rotatable bonds is 8. The Hall–Kier alpha value is -4.14. The molecular weight excluding hydrogens is 628 g/mol. The molecule has 1 atom stereocenters. The van der Waals surface area contributed by atoms with Crippen molar-refractivity contribution in [1.29, 1.82) is 5.26 Å². The topological polar surface area (TPSA) is 101 Å². The minimum absolute atomic E-state index is 0.152. The molecule has 3 fully saturated rings. The van der Waals surface area contributed by atoms with E-state index in [9.17, 15) is 10.1 Å². The van der Waals surface area contributed by atoms with Crippen molar-refractivity contribution >= 4 is 28.4 Å². The highest BCUT2D eigenvalue weighted by Gasteiger charge is 2.45. The molecule has 3 aromatic rings. The van der Waals surface area contributed by atoms with E-state index in [0.717, 1.165) is 75.6 Å². The summed E-state index contributed by atoms with van der Waals surface area (Å²) < 4.78 is 12.3. The molecule has 4 aliphatic rings. The lowest BCUT2D eigenvalue weighted by Crippen LogP contribution is -2.56. The van der Waals surface area contributed by atoms with Crippen molar-refractivity contribution in [2.24, 2.45) is 5.41 Å². The van der Waals surface area contributed by atoms with Crippen LogP contribution in [0.4, 0.5) is 16.3 Å². The highest BCUT2D eigenvalue weighted by atomic mass is 16.6. The number of hydrogen-bond donors (Lipinski definition) is 0. The van der Waals surface area contributed by atoms with Gasteiger partial charge in [-0.05, 0) is 71.0 Å². The molecule has 1 aliphatic carbocycles. The first-order valence-corrected chi connectivity index (χ1v) is 18.3. The highest BCUT2D eigenvalue weighted by Crippen LogP contribution is 2.47. The Morgan fingerprint density at radius 1 is 1.00 bits per heavy atom. The quantitative estimate of drug-likeness (QED) is 0.314. The van der Waals surface area contributed by atoms with Crippen molar-refractivity contribution in [2.45, 2.75) is 71.6 Å². The van der Waals surface area contributed by atoms with Gasteiger partial charge >= 0.3 is 12.1 Å². The standard InChI is InChI=1S/C39H52N8O3/c1-28-8-6-9-29-10-7-11-33(34(28)29)45-17-13-31-32(25-45)41-36(49-27-39(14-15-39)26-44-20-18-43(5)19-21-44)42-35(31)46-22-23-47(30(24-46)12-16-40)37(48)50-38(2,3)4/h6-11,30H,12-15,17-27H2,1-5H3. The summed E-state index contributed by atoms with van der Waals surface area (Å²) in [7, 11) is 2.20. The number of fused-ring (bicyclic) bond motifs is 2. The van der Waals surface area contributed by atoms with Crippen molar-refractivity contribution in [3.8, 4) is 12.1 Å². The molecule has 11 heteroatoms. The zero-order valence-electron chi connectivity index (χ0n) is 30.5. The lowest BCUT2D eigenvalue weighted by Gasteiger charge is -2.42. The third-order valence-corrected chi connectivity index (χ3v) is 10.8. The average molecular weight is 681 g/mol. The van der Waals surface area contributed by atoms with Crippen LogP contribution >= 0.6 is 0 Å². The fraction of sp³-hybridized carbons (Fsp3) is 0.590. The summed E-state index contributed by atoms with van der Waals surface area (Å²) in [6.07, 6.45) is 2.95. The third kappa shape index (κ3) is 7.47. The van der Waals surface area contributed by atoms with Crippen molar-refractivity contribution in [2.75, 3.05) is 82.4 Å². The van der Waals surface area contributed by atoms with Crippen LogP contribution in [-0.4, -0.2) is 115 Å². The van der Waals surface area contributed by atoms with Gasteiger partial charge in [0, 0.05) is 81.0 Å². The molecule has 2 saturated heterocycles. The smallest absolute Gasteiger partial charge is 0.410 e. The number of likely N-dealkylation sites (N-methyl/N-ethyl adjacent to an activating group) is 1. The van der Waals surface area contributed by atoms with E-state index in [4.69, 9.17) is 19.4 Å². The molecular formula is C39H52N8O3. The normalized spacial score (nSPS) is 21.1. The zero-order valence-corrected chi connectivity index (χ0v) is 30.5. The Kier molecular flexibility index (Phi) is 9.52. The zero-order chi connectivity index (χ0) is 35.0. The highest BCUT2D eigenvalue weighted by molar-refractivity contribution is 5.97. The molecule has 2 aromatic carbocycles. The van der Waals surface area contributed by atoms with E-state index in [-0.39, 0.29) is 24.0 Å². The van der Waals surface area contributed by atoms with Crippen LogP contribution in [0.15, 0.2) is 36.4 Å². The number of aryl methyl sites for hydroxylation is 1. The predicted molar refractivity (Wildman–Crippen MR) is 196 cm³/mol. The summed E-state index contributed by atoms with van der Waals surface area (Å²) in [5.74, 6) is 0.870. The van der Waals surface area contributed by atoms with Gasteiger partial charge in [0.1, 0.15) is 11.4 Å². The number of nitriles is 1. The largest absolute Gasteiger partial charge is 0.463 e. The Balaban J connectivity index is 1.17. The number of carbonyl (C=O) groups excluding carboxylic acids is 1. The third-order valence-electron chi connectivity index (χ3n) is 10.8. The Morgan fingerprint density at radius 2 is 1.76 bits per heavy atom. The number of anilines is 2. The van der Waals surface area contributed by atoms with Gasteiger partial charge in [0.05, 0.1) is 37.4 Å².